The lowest BCUT2D eigenvalue weighted by atomic mass is 10.1. The normalized spacial score (nSPS) is 28.2. The number of rotatable bonds is 0. The molecule has 0 radical (unpaired) electrons. The highest BCUT2D eigenvalue weighted by Crippen LogP contribution is 2.27. The molecular weight excluding hydrogens is 126 g/mol. The van der Waals surface area contributed by atoms with Gasteiger partial charge in [-0.3, -0.25) is 5.32 Å². The first-order chi connectivity index (χ1) is 4.33. The molecule has 2 heteroatoms. The molecule has 58 valence electrons. The van der Waals surface area contributed by atoms with Crippen LogP contribution in [0.1, 0.15) is 27.7 Å². The Morgan fingerprint density at radius 2 is 1.80 bits per heavy atom. The van der Waals surface area contributed by atoms with Crippen molar-refractivity contribution in [2.45, 2.75) is 38.8 Å². The SMILES string of the molecule is CC1(C)C=C(O)C(C)(C)N1. The molecule has 0 aromatic carbocycles. The van der Waals surface area contributed by atoms with Gasteiger partial charge in [0.1, 0.15) is 5.76 Å². The first-order valence-electron chi connectivity index (χ1n) is 3.55. The second-order valence-corrected chi connectivity index (χ2v) is 4.00. The molecule has 1 aliphatic rings. The van der Waals surface area contributed by atoms with Crippen LogP contribution in [0.5, 0.6) is 0 Å². The van der Waals surface area contributed by atoms with Crippen LogP contribution in [-0.2, 0) is 0 Å². The number of aliphatic hydroxyl groups excluding tert-OH is 1. The van der Waals surface area contributed by atoms with Crippen molar-refractivity contribution in [1.82, 2.24) is 5.32 Å². The van der Waals surface area contributed by atoms with Gasteiger partial charge < -0.3 is 5.11 Å². The lowest BCUT2D eigenvalue weighted by Crippen LogP contribution is -2.45. The summed E-state index contributed by atoms with van der Waals surface area (Å²) >= 11 is 0. The summed E-state index contributed by atoms with van der Waals surface area (Å²) in [7, 11) is 0. The maximum atomic E-state index is 9.39. The van der Waals surface area contributed by atoms with Crippen LogP contribution in [0, 0.1) is 0 Å². The van der Waals surface area contributed by atoms with E-state index in [0.29, 0.717) is 5.76 Å². The van der Waals surface area contributed by atoms with Gasteiger partial charge in [0.15, 0.2) is 0 Å². The minimum absolute atomic E-state index is 0.0619. The van der Waals surface area contributed by atoms with Crippen LogP contribution in [0.3, 0.4) is 0 Å². The molecule has 0 bridgehead atoms. The summed E-state index contributed by atoms with van der Waals surface area (Å²) in [5, 5.41) is 12.7. The van der Waals surface area contributed by atoms with Crippen molar-refractivity contribution in [3.63, 3.8) is 0 Å². The zero-order valence-corrected chi connectivity index (χ0v) is 7.02. The van der Waals surface area contributed by atoms with E-state index in [4.69, 9.17) is 0 Å². The fourth-order valence-corrected chi connectivity index (χ4v) is 1.43. The largest absolute Gasteiger partial charge is 0.511 e. The summed E-state index contributed by atoms with van der Waals surface area (Å²) in [5.74, 6) is 0.442. The maximum absolute atomic E-state index is 9.39. The van der Waals surface area contributed by atoms with Crippen molar-refractivity contribution in [2.75, 3.05) is 0 Å². The third kappa shape index (κ3) is 1.16. The second-order valence-electron chi connectivity index (χ2n) is 4.00. The van der Waals surface area contributed by atoms with Gasteiger partial charge in [0.25, 0.3) is 0 Å². The average Bonchev–Trinajstić information content (AvgIpc) is 1.73. The molecule has 10 heavy (non-hydrogen) atoms. The van der Waals surface area contributed by atoms with Crippen LogP contribution < -0.4 is 5.32 Å². The Labute approximate surface area is 61.9 Å². The predicted molar refractivity (Wildman–Crippen MR) is 42.0 cm³/mol. The molecule has 0 unspecified atom stereocenters. The molecule has 0 fully saturated rings. The molecule has 0 saturated heterocycles. The van der Waals surface area contributed by atoms with Gasteiger partial charge in [-0.1, -0.05) is 0 Å². The third-order valence-electron chi connectivity index (χ3n) is 1.77. The molecule has 2 N–H and O–H groups in total. The molecule has 0 aliphatic carbocycles. The number of aliphatic hydroxyl groups is 1. The lowest BCUT2D eigenvalue weighted by molar-refractivity contribution is 0.288. The third-order valence-corrected chi connectivity index (χ3v) is 1.77. The van der Waals surface area contributed by atoms with E-state index in [-0.39, 0.29) is 11.1 Å². The summed E-state index contributed by atoms with van der Waals surface area (Å²) < 4.78 is 0. The molecule has 0 atom stereocenters. The minimum atomic E-state index is -0.247. The van der Waals surface area contributed by atoms with E-state index < -0.39 is 0 Å². The highest BCUT2D eigenvalue weighted by molar-refractivity contribution is 5.24. The Kier molecular flexibility index (Phi) is 1.34. The van der Waals surface area contributed by atoms with Gasteiger partial charge in [-0.25, -0.2) is 0 Å². The molecule has 0 amide bonds. The fraction of sp³-hybridized carbons (Fsp3) is 0.750. The number of hydrogen-bond donors (Lipinski definition) is 2. The van der Waals surface area contributed by atoms with Gasteiger partial charge in [-0.15, -0.1) is 0 Å². The zero-order chi connectivity index (χ0) is 7.99. The molecule has 0 spiro atoms. The van der Waals surface area contributed by atoms with Crippen molar-refractivity contribution in [2.24, 2.45) is 0 Å². The Morgan fingerprint density at radius 3 is 1.90 bits per heavy atom. The van der Waals surface area contributed by atoms with E-state index in [1.54, 1.807) is 0 Å². The molecule has 1 heterocycles. The summed E-state index contributed by atoms with van der Waals surface area (Å²) in [5.41, 5.74) is -0.308. The highest BCUT2D eigenvalue weighted by Gasteiger charge is 2.36. The van der Waals surface area contributed by atoms with Crippen molar-refractivity contribution in [1.29, 1.82) is 0 Å². The van der Waals surface area contributed by atoms with Crippen molar-refractivity contribution in [3.05, 3.63) is 11.8 Å². The molecule has 0 aromatic heterocycles. The molecule has 1 aliphatic heterocycles. The first-order valence-corrected chi connectivity index (χ1v) is 3.55. The Hall–Kier alpha value is -0.500. The molecule has 0 aromatic rings. The maximum Gasteiger partial charge on any atom is 0.110 e. The molecule has 1 rings (SSSR count). The first kappa shape index (κ1) is 7.61. The van der Waals surface area contributed by atoms with Crippen molar-refractivity contribution < 1.29 is 5.11 Å². The second kappa shape index (κ2) is 1.76. The summed E-state index contributed by atoms with van der Waals surface area (Å²) in [6, 6.07) is 0. The standard InChI is InChI=1S/C8H15NO/c1-7(2)5-6(10)8(3,4)9-7/h5,9-10H,1-4H3. The number of hydrogen-bond acceptors (Lipinski definition) is 2. The topological polar surface area (TPSA) is 32.3 Å². The highest BCUT2D eigenvalue weighted by atomic mass is 16.3. The lowest BCUT2D eigenvalue weighted by Gasteiger charge is -2.25. The smallest absolute Gasteiger partial charge is 0.110 e. The minimum Gasteiger partial charge on any atom is -0.511 e. The van der Waals surface area contributed by atoms with Crippen LogP contribution in [0.4, 0.5) is 0 Å². The molecule has 0 saturated carbocycles. The van der Waals surface area contributed by atoms with E-state index in [9.17, 15) is 5.11 Å². The van der Waals surface area contributed by atoms with Crippen LogP contribution in [0.25, 0.3) is 0 Å². The monoisotopic (exact) mass is 141 g/mol. The number of nitrogens with one attached hydrogen (secondary N) is 1. The Bertz CT molecular complexity index is 180. The van der Waals surface area contributed by atoms with Crippen LogP contribution in [-0.4, -0.2) is 16.2 Å². The van der Waals surface area contributed by atoms with Gasteiger partial charge in [0, 0.05) is 5.54 Å². The van der Waals surface area contributed by atoms with Crippen molar-refractivity contribution in [3.8, 4) is 0 Å². The van der Waals surface area contributed by atoms with Gasteiger partial charge >= 0.3 is 0 Å². The van der Waals surface area contributed by atoms with Crippen LogP contribution in [0.15, 0.2) is 11.8 Å². The van der Waals surface area contributed by atoms with Crippen LogP contribution >= 0.6 is 0 Å². The van der Waals surface area contributed by atoms with Gasteiger partial charge in [0.2, 0.25) is 0 Å². The predicted octanol–water partition coefficient (Wildman–Crippen LogP) is 1.59. The van der Waals surface area contributed by atoms with Crippen LogP contribution in [0.2, 0.25) is 0 Å². The van der Waals surface area contributed by atoms with E-state index >= 15 is 0 Å². The van der Waals surface area contributed by atoms with Crippen molar-refractivity contribution >= 4 is 0 Å². The van der Waals surface area contributed by atoms with E-state index in [2.05, 4.69) is 5.32 Å². The quantitative estimate of drug-likeness (QED) is 0.537. The van der Waals surface area contributed by atoms with E-state index in [1.165, 1.54) is 0 Å². The van der Waals surface area contributed by atoms with E-state index in [1.807, 2.05) is 33.8 Å². The van der Waals surface area contributed by atoms with Gasteiger partial charge in [0.05, 0.1) is 5.54 Å². The summed E-state index contributed by atoms with van der Waals surface area (Å²) in [4.78, 5) is 0. The summed E-state index contributed by atoms with van der Waals surface area (Å²) in [6.45, 7) is 8.01. The summed E-state index contributed by atoms with van der Waals surface area (Å²) in [6.07, 6.45) is 1.85. The Balaban J connectivity index is 2.89. The zero-order valence-electron chi connectivity index (χ0n) is 7.02. The molecular formula is C8H15NO. The van der Waals surface area contributed by atoms with Gasteiger partial charge in [-0.05, 0) is 33.8 Å². The fourth-order valence-electron chi connectivity index (χ4n) is 1.43. The average molecular weight is 141 g/mol. The molecule has 2 nitrogen and oxygen atoms in total. The van der Waals surface area contributed by atoms with Gasteiger partial charge in [-0.2, -0.15) is 0 Å². The Morgan fingerprint density at radius 1 is 1.30 bits per heavy atom. The van der Waals surface area contributed by atoms with E-state index in [0.717, 1.165) is 0 Å².